The van der Waals surface area contributed by atoms with Gasteiger partial charge in [-0.2, -0.15) is 5.26 Å². The zero-order valence-electron chi connectivity index (χ0n) is 8.94. The fraction of sp³-hybridized carbons (Fsp3) is 0.400. The highest BCUT2D eigenvalue weighted by Crippen LogP contribution is 2.19. The van der Waals surface area contributed by atoms with Crippen molar-refractivity contribution >= 4 is 17.5 Å². The summed E-state index contributed by atoms with van der Waals surface area (Å²) in [5.41, 5.74) is 0.185. The molecule has 1 amide bonds. The average Bonchev–Trinajstić information content (AvgIpc) is 2.20. The third kappa shape index (κ3) is 2.91. The molecule has 0 aliphatic carbocycles. The van der Waals surface area contributed by atoms with E-state index in [1.807, 2.05) is 19.9 Å². The van der Waals surface area contributed by atoms with Gasteiger partial charge in [0.05, 0.1) is 6.07 Å². The lowest BCUT2D eigenvalue weighted by atomic mass is 10.1. The van der Waals surface area contributed by atoms with Crippen LogP contribution in [0.3, 0.4) is 0 Å². The summed E-state index contributed by atoms with van der Waals surface area (Å²) in [5.74, 6) is -1.44. The molecule has 1 atom stereocenters. The molecular formula is C10H11ClN4O. The van der Waals surface area contributed by atoms with Gasteiger partial charge in [0.15, 0.2) is 11.1 Å². The van der Waals surface area contributed by atoms with E-state index in [-0.39, 0.29) is 16.9 Å². The number of nitrogens with one attached hydrogen (secondary N) is 1. The summed E-state index contributed by atoms with van der Waals surface area (Å²) in [7, 11) is 0. The highest BCUT2D eigenvalue weighted by molar-refractivity contribution is 6.30. The molecule has 0 radical (unpaired) electrons. The highest BCUT2D eigenvalue weighted by atomic mass is 35.5. The summed E-state index contributed by atoms with van der Waals surface area (Å²) in [5, 5.41) is 11.7. The molecule has 0 spiro atoms. The normalized spacial score (nSPS) is 11.9. The third-order valence-electron chi connectivity index (χ3n) is 1.78. The van der Waals surface area contributed by atoms with Gasteiger partial charge in [0.2, 0.25) is 5.91 Å². The van der Waals surface area contributed by atoms with Gasteiger partial charge in [0.1, 0.15) is 5.69 Å². The van der Waals surface area contributed by atoms with Crippen LogP contribution in [0.1, 0.15) is 25.5 Å². The average molecular weight is 239 g/mol. The van der Waals surface area contributed by atoms with Crippen molar-refractivity contribution in [3.8, 4) is 6.07 Å². The van der Waals surface area contributed by atoms with Crippen LogP contribution in [-0.2, 0) is 4.79 Å². The summed E-state index contributed by atoms with van der Waals surface area (Å²) in [6, 6.07) is 1.82. The second-order valence-electron chi connectivity index (χ2n) is 3.46. The first-order chi connectivity index (χ1) is 7.56. The van der Waals surface area contributed by atoms with E-state index in [0.717, 1.165) is 0 Å². The van der Waals surface area contributed by atoms with E-state index in [9.17, 15) is 4.79 Å². The Hall–Kier alpha value is -1.67. The van der Waals surface area contributed by atoms with Gasteiger partial charge in [-0.1, -0.05) is 11.6 Å². The number of nitriles is 1. The van der Waals surface area contributed by atoms with Crippen molar-refractivity contribution in [1.82, 2.24) is 15.3 Å². The Bertz CT molecular complexity index is 427. The number of nitrogens with zero attached hydrogens (tertiary/aromatic N) is 3. The van der Waals surface area contributed by atoms with Gasteiger partial charge in [-0.05, 0) is 13.8 Å². The van der Waals surface area contributed by atoms with Crippen LogP contribution in [0.4, 0.5) is 0 Å². The fourth-order valence-electron chi connectivity index (χ4n) is 1.14. The molecular weight excluding hydrogens is 228 g/mol. The second-order valence-corrected chi connectivity index (χ2v) is 3.82. The fourth-order valence-corrected chi connectivity index (χ4v) is 1.35. The van der Waals surface area contributed by atoms with E-state index in [0.29, 0.717) is 0 Å². The second kappa shape index (κ2) is 5.42. The van der Waals surface area contributed by atoms with Crippen LogP contribution in [0.15, 0.2) is 12.4 Å². The number of carbonyl (C=O) groups excluding carboxylic acids is 1. The number of aromatic nitrogens is 2. The first-order valence-corrected chi connectivity index (χ1v) is 5.10. The number of hydrogen-bond donors (Lipinski definition) is 1. The van der Waals surface area contributed by atoms with Crippen LogP contribution >= 0.6 is 11.6 Å². The molecule has 1 heterocycles. The number of amides is 1. The summed E-state index contributed by atoms with van der Waals surface area (Å²) < 4.78 is 0. The summed E-state index contributed by atoms with van der Waals surface area (Å²) in [4.78, 5) is 19.4. The van der Waals surface area contributed by atoms with Crippen molar-refractivity contribution in [2.45, 2.75) is 25.8 Å². The van der Waals surface area contributed by atoms with E-state index >= 15 is 0 Å². The van der Waals surface area contributed by atoms with Crippen LogP contribution < -0.4 is 5.32 Å². The molecule has 5 nitrogen and oxygen atoms in total. The lowest BCUT2D eigenvalue weighted by Crippen LogP contribution is -2.34. The lowest BCUT2D eigenvalue weighted by molar-refractivity contribution is -0.121. The SMILES string of the molecule is CC(C)NC(=O)C(C#N)c1nccnc1Cl. The predicted octanol–water partition coefficient (Wildman–Crippen LogP) is 1.26. The van der Waals surface area contributed by atoms with Crippen molar-refractivity contribution in [1.29, 1.82) is 5.26 Å². The smallest absolute Gasteiger partial charge is 0.243 e. The largest absolute Gasteiger partial charge is 0.352 e. The van der Waals surface area contributed by atoms with Gasteiger partial charge in [-0.15, -0.1) is 0 Å². The van der Waals surface area contributed by atoms with Gasteiger partial charge < -0.3 is 5.32 Å². The lowest BCUT2D eigenvalue weighted by Gasteiger charge is -2.12. The van der Waals surface area contributed by atoms with Gasteiger partial charge in [-0.3, -0.25) is 9.78 Å². The van der Waals surface area contributed by atoms with Gasteiger partial charge in [-0.25, -0.2) is 4.98 Å². The zero-order valence-corrected chi connectivity index (χ0v) is 9.69. The molecule has 1 N–H and O–H groups in total. The van der Waals surface area contributed by atoms with Crippen molar-refractivity contribution < 1.29 is 4.79 Å². The molecule has 0 saturated heterocycles. The van der Waals surface area contributed by atoms with Gasteiger partial charge >= 0.3 is 0 Å². The van der Waals surface area contributed by atoms with Gasteiger partial charge in [0, 0.05) is 18.4 Å². The number of halogens is 1. The third-order valence-corrected chi connectivity index (χ3v) is 2.07. The van der Waals surface area contributed by atoms with E-state index in [1.54, 1.807) is 0 Å². The minimum atomic E-state index is -1.02. The Morgan fingerprint density at radius 2 is 2.12 bits per heavy atom. The Balaban J connectivity index is 2.96. The number of rotatable bonds is 3. The van der Waals surface area contributed by atoms with Crippen molar-refractivity contribution in [3.05, 3.63) is 23.2 Å². The first-order valence-electron chi connectivity index (χ1n) is 4.72. The molecule has 1 rings (SSSR count). The topological polar surface area (TPSA) is 78.7 Å². The predicted molar refractivity (Wildman–Crippen MR) is 58.7 cm³/mol. The number of carbonyl (C=O) groups is 1. The van der Waals surface area contributed by atoms with E-state index in [2.05, 4.69) is 15.3 Å². The van der Waals surface area contributed by atoms with Crippen LogP contribution in [0, 0.1) is 11.3 Å². The van der Waals surface area contributed by atoms with Crippen molar-refractivity contribution in [3.63, 3.8) is 0 Å². The Morgan fingerprint density at radius 1 is 1.50 bits per heavy atom. The molecule has 0 aliphatic heterocycles. The summed E-state index contributed by atoms with van der Waals surface area (Å²) >= 11 is 5.77. The molecule has 0 fully saturated rings. The Labute approximate surface area is 98.5 Å². The van der Waals surface area contributed by atoms with Crippen LogP contribution in [0.2, 0.25) is 5.15 Å². The number of hydrogen-bond acceptors (Lipinski definition) is 4. The molecule has 0 bridgehead atoms. The molecule has 0 saturated carbocycles. The molecule has 16 heavy (non-hydrogen) atoms. The van der Waals surface area contributed by atoms with Crippen molar-refractivity contribution in [2.75, 3.05) is 0 Å². The summed E-state index contributed by atoms with van der Waals surface area (Å²) in [6.07, 6.45) is 2.80. The highest BCUT2D eigenvalue weighted by Gasteiger charge is 2.24. The standard InChI is InChI=1S/C10H11ClN4O/c1-6(2)15-10(16)7(5-12)8-9(11)14-4-3-13-8/h3-4,6-7H,1-2H3,(H,15,16). The molecule has 0 aliphatic rings. The molecule has 6 heteroatoms. The molecule has 1 aromatic heterocycles. The molecule has 84 valence electrons. The van der Waals surface area contributed by atoms with E-state index < -0.39 is 11.8 Å². The molecule has 1 aromatic rings. The minimum absolute atomic E-state index is 0.0428. The van der Waals surface area contributed by atoms with Gasteiger partial charge in [0.25, 0.3) is 0 Å². The first kappa shape index (κ1) is 12.4. The van der Waals surface area contributed by atoms with Crippen molar-refractivity contribution in [2.24, 2.45) is 0 Å². The monoisotopic (exact) mass is 238 g/mol. The maximum Gasteiger partial charge on any atom is 0.243 e. The Kier molecular flexibility index (Phi) is 4.20. The molecule has 0 aromatic carbocycles. The Morgan fingerprint density at radius 3 is 2.62 bits per heavy atom. The van der Waals surface area contributed by atoms with Crippen LogP contribution in [-0.4, -0.2) is 21.9 Å². The van der Waals surface area contributed by atoms with Crippen LogP contribution in [0.25, 0.3) is 0 Å². The molecule has 1 unspecified atom stereocenters. The summed E-state index contributed by atoms with van der Waals surface area (Å²) in [6.45, 7) is 3.62. The van der Waals surface area contributed by atoms with E-state index in [1.165, 1.54) is 12.4 Å². The minimum Gasteiger partial charge on any atom is -0.352 e. The maximum absolute atomic E-state index is 11.7. The van der Waals surface area contributed by atoms with E-state index in [4.69, 9.17) is 16.9 Å². The van der Waals surface area contributed by atoms with Crippen LogP contribution in [0.5, 0.6) is 0 Å². The quantitative estimate of drug-likeness (QED) is 0.860. The zero-order chi connectivity index (χ0) is 12.1. The maximum atomic E-state index is 11.7.